The second-order valence-electron chi connectivity index (χ2n) is 8.91. The van der Waals surface area contributed by atoms with Crippen molar-refractivity contribution >= 4 is 34.4 Å². The zero-order valence-corrected chi connectivity index (χ0v) is 20.5. The smallest absolute Gasteiger partial charge is 0.311 e. The fourth-order valence-corrected chi connectivity index (χ4v) is 5.30. The Hall–Kier alpha value is -2.94. The highest BCUT2D eigenvalue weighted by Gasteiger charge is 2.28. The van der Waals surface area contributed by atoms with E-state index >= 15 is 0 Å². The molecule has 1 atom stereocenters. The molecule has 4 rings (SSSR count). The standard InChI is InChI=1S/C24H29N5O3S/c1-14(2)13-29-20-19(23(31)27(5)24(29)32)21(26-16(4)25-20)33-15(3)22(30)28-12-8-10-17-9-6-7-11-18(17)28/h6-7,9,11,14-15H,8,10,12-13H2,1-5H3/t15-/m1/s1. The predicted molar refractivity (Wildman–Crippen MR) is 131 cm³/mol. The lowest BCUT2D eigenvalue weighted by Crippen LogP contribution is -2.41. The molecular weight excluding hydrogens is 438 g/mol. The quantitative estimate of drug-likeness (QED) is 0.423. The summed E-state index contributed by atoms with van der Waals surface area (Å²) in [5, 5.41) is 0.248. The van der Waals surface area contributed by atoms with Crippen LogP contribution in [0.4, 0.5) is 5.69 Å². The predicted octanol–water partition coefficient (Wildman–Crippen LogP) is 2.91. The van der Waals surface area contributed by atoms with E-state index in [1.807, 2.05) is 43.9 Å². The van der Waals surface area contributed by atoms with Crippen LogP contribution in [0.5, 0.6) is 0 Å². The summed E-state index contributed by atoms with van der Waals surface area (Å²) >= 11 is 1.25. The summed E-state index contributed by atoms with van der Waals surface area (Å²) in [4.78, 5) is 50.1. The van der Waals surface area contributed by atoms with E-state index in [-0.39, 0.29) is 17.2 Å². The van der Waals surface area contributed by atoms with Crippen LogP contribution in [0.1, 0.15) is 38.6 Å². The molecule has 0 radical (unpaired) electrons. The second kappa shape index (κ2) is 9.13. The molecule has 0 aliphatic carbocycles. The molecule has 1 amide bonds. The van der Waals surface area contributed by atoms with Crippen molar-refractivity contribution in [1.82, 2.24) is 19.1 Å². The Bertz CT molecular complexity index is 1340. The van der Waals surface area contributed by atoms with Gasteiger partial charge in [0.1, 0.15) is 16.2 Å². The highest BCUT2D eigenvalue weighted by molar-refractivity contribution is 8.00. The Kier molecular flexibility index (Phi) is 6.43. The van der Waals surface area contributed by atoms with Crippen LogP contribution in [-0.2, 0) is 24.8 Å². The molecule has 1 aromatic carbocycles. The first-order valence-electron chi connectivity index (χ1n) is 11.2. The zero-order valence-electron chi connectivity index (χ0n) is 19.7. The van der Waals surface area contributed by atoms with Gasteiger partial charge in [0.05, 0.1) is 5.25 Å². The molecule has 3 aromatic rings. The third-order valence-electron chi connectivity index (χ3n) is 5.82. The molecule has 0 unspecified atom stereocenters. The van der Waals surface area contributed by atoms with E-state index in [4.69, 9.17) is 0 Å². The van der Waals surface area contributed by atoms with E-state index in [1.54, 1.807) is 6.92 Å². The summed E-state index contributed by atoms with van der Waals surface area (Å²) in [7, 11) is 1.47. The number of carbonyl (C=O) groups excluding carboxylic acids is 1. The van der Waals surface area contributed by atoms with Crippen LogP contribution in [0.15, 0.2) is 38.9 Å². The van der Waals surface area contributed by atoms with Crippen molar-refractivity contribution in [3.63, 3.8) is 0 Å². The van der Waals surface area contributed by atoms with Gasteiger partial charge in [-0.2, -0.15) is 0 Å². The molecule has 1 aliphatic rings. The van der Waals surface area contributed by atoms with Gasteiger partial charge in [0.15, 0.2) is 5.65 Å². The molecule has 0 bridgehead atoms. The molecule has 2 aromatic heterocycles. The Morgan fingerprint density at radius 1 is 1.15 bits per heavy atom. The SMILES string of the molecule is Cc1nc(S[C@H](C)C(=O)N2CCCc3ccccc32)c2c(=O)n(C)c(=O)n(CC(C)C)c2n1. The first-order chi connectivity index (χ1) is 15.7. The van der Waals surface area contributed by atoms with E-state index in [0.29, 0.717) is 29.6 Å². The first kappa shape index (κ1) is 23.2. The van der Waals surface area contributed by atoms with Crippen LogP contribution < -0.4 is 16.1 Å². The van der Waals surface area contributed by atoms with Crippen LogP contribution in [-0.4, -0.2) is 36.8 Å². The molecule has 0 spiro atoms. The molecule has 1 aliphatic heterocycles. The van der Waals surface area contributed by atoms with Gasteiger partial charge in [-0.25, -0.2) is 14.8 Å². The number of nitrogens with zero attached hydrogens (tertiary/aromatic N) is 5. The number of hydrogen-bond donors (Lipinski definition) is 0. The Labute approximate surface area is 196 Å². The van der Waals surface area contributed by atoms with Crippen molar-refractivity contribution in [2.45, 2.75) is 57.4 Å². The number of anilines is 1. The molecule has 8 nitrogen and oxygen atoms in total. The number of aryl methyl sites for hydroxylation is 2. The van der Waals surface area contributed by atoms with Crippen LogP contribution >= 0.6 is 11.8 Å². The van der Waals surface area contributed by atoms with E-state index in [9.17, 15) is 14.4 Å². The number of amides is 1. The number of thioether (sulfide) groups is 1. The van der Waals surface area contributed by atoms with Crippen molar-refractivity contribution < 1.29 is 4.79 Å². The fourth-order valence-electron chi connectivity index (χ4n) is 4.26. The van der Waals surface area contributed by atoms with Crippen molar-refractivity contribution in [3.05, 3.63) is 56.5 Å². The average Bonchev–Trinajstić information content (AvgIpc) is 2.79. The lowest BCUT2D eigenvalue weighted by Gasteiger charge is -2.31. The monoisotopic (exact) mass is 467 g/mol. The van der Waals surface area contributed by atoms with Crippen LogP contribution in [0.3, 0.4) is 0 Å². The summed E-state index contributed by atoms with van der Waals surface area (Å²) in [5.74, 6) is 0.622. The van der Waals surface area contributed by atoms with Gasteiger partial charge >= 0.3 is 5.69 Å². The van der Waals surface area contributed by atoms with Gasteiger partial charge in [0.25, 0.3) is 5.56 Å². The maximum atomic E-state index is 13.4. The van der Waals surface area contributed by atoms with E-state index in [0.717, 1.165) is 23.1 Å². The minimum absolute atomic E-state index is 0.0242. The summed E-state index contributed by atoms with van der Waals surface area (Å²) in [6, 6.07) is 7.98. The topological polar surface area (TPSA) is 90.1 Å². The summed E-state index contributed by atoms with van der Waals surface area (Å²) < 4.78 is 2.63. The maximum absolute atomic E-state index is 13.4. The third-order valence-corrected chi connectivity index (χ3v) is 6.89. The van der Waals surface area contributed by atoms with Crippen molar-refractivity contribution in [2.24, 2.45) is 13.0 Å². The Balaban J connectivity index is 1.76. The van der Waals surface area contributed by atoms with Gasteiger partial charge in [0.2, 0.25) is 5.91 Å². The summed E-state index contributed by atoms with van der Waals surface area (Å²) in [6.45, 7) is 8.68. The minimum atomic E-state index is -0.469. The van der Waals surface area contributed by atoms with Crippen molar-refractivity contribution in [2.75, 3.05) is 11.4 Å². The van der Waals surface area contributed by atoms with E-state index < -0.39 is 16.5 Å². The number of aromatic nitrogens is 4. The molecule has 9 heteroatoms. The molecular formula is C24H29N5O3S. The average molecular weight is 468 g/mol. The van der Waals surface area contributed by atoms with E-state index in [2.05, 4.69) is 16.0 Å². The summed E-state index contributed by atoms with van der Waals surface area (Å²) in [5.41, 5.74) is 1.61. The zero-order chi connectivity index (χ0) is 23.9. The van der Waals surface area contributed by atoms with Crippen LogP contribution in [0.2, 0.25) is 0 Å². The molecule has 0 N–H and O–H groups in total. The lowest BCUT2D eigenvalue weighted by molar-refractivity contribution is -0.117. The van der Waals surface area contributed by atoms with Gasteiger partial charge in [-0.15, -0.1) is 0 Å². The minimum Gasteiger partial charge on any atom is -0.311 e. The maximum Gasteiger partial charge on any atom is 0.332 e. The normalized spacial score (nSPS) is 14.5. The van der Waals surface area contributed by atoms with Gasteiger partial charge < -0.3 is 4.90 Å². The van der Waals surface area contributed by atoms with E-state index in [1.165, 1.54) is 28.9 Å². The molecule has 3 heterocycles. The van der Waals surface area contributed by atoms with Crippen LogP contribution in [0.25, 0.3) is 11.0 Å². The number of fused-ring (bicyclic) bond motifs is 2. The number of rotatable bonds is 5. The van der Waals surface area contributed by atoms with Crippen LogP contribution in [0, 0.1) is 12.8 Å². The number of benzene rings is 1. The molecule has 174 valence electrons. The number of hydrogen-bond acceptors (Lipinski definition) is 6. The van der Waals surface area contributed by atoms with Gasteiger partial charge in [-0.1, -0.05) is 43.8 Å². The molecule has 0 saturated carbocycles. The molecule has 0 fully saturated rings. The fraction of sp³-hybridized carbons (Fsp3) is 0.458. The Morgan fingerprint density at radius 2 is 1.88 bits per heavy atom. The second-order valence-corrected chi connectivity index (χ2v) is 10.2. The highest BCUT2D eigenvalue weighted by Crippen LogP contribution is 2.32. The number of carbonyl (C=O) groups is 1. The number of para-hydroxylation sites is 1. The van der Waals surface area contributed by atoms with Crippen molar-refractivity contribution in [1.29, 1.82) is 0 Å². The summed E-state index contributed by atoms with van der Waals surface area (Å²) in [6.07, 6.45) is 1.87. The van der Waals surface area contributed by atoms with Gasteiger partial charge in [-0.05, 0) is 44.2 Å². The molecule has 33 heavy (non-hydrogen) atoms. The lowest BCUT2D eigenvalue weighted by atomic mass is 10.0. The van der Waals surface area contributed by atoms with Crippen molar-refractivity contribution in [3.8, 4) is 0 Å². The first-order valence-corrected chi connectivity index (χ1v) is 12.1. The third kappa shape index (κ3) is 4.34. The molecule has 0 saturated heterocycles. The van der Waals surface area contributed by atoms with Gasteiger partial charge in [-0.3, -0.25) is 18.7 Å². The van der Waals surface area contributed by atoms with Gasteiger partial charge in [0, 0.05) is 25.8 Å². The Morgan fingerprint density at radius 3 is 2.61 bits per heavy atom. The largest absolute Gasteiger partial charge is 0.332 e. The highest BCUT2D eigenvalue weighted by atomic mass is 32.2.